The van der Waals surface area contributed by atoms with Crippen molar-refractivity contribution in [3.63, 3.8) is 0 Å². The molecule has 0 saturated heterocycles. The van der Waals surface area contributed by atoms with Gasteiger partial charge in [-0.05, 0) is 37.3 Å². The van der Waals surface area contributed by atoms with E-state index in [1.807, 2.05) is 17.5 Å². The summed E-state index contributed by atoms with van der Waals surface area (Å²) in [5.41, 5.74) is 1.91. The van der Waals surface area contributed by atoms with Crippen LogP contribution in [0.2, 0.25) is 0 Å². The Bertz CT molecular complexity index is 1280. The molecule has 146 valence electrons. The molecule has 0 bridgehead atoms. The highest BCUT2D eigenvalue weighted by Gasteiger charge is 2.23. The average Bonchev–Trinajstić information content (AvgIpc) is 3.37. The molecular weight excluding hydrogens is 392 g/mol. The summed E-state index contributed by atoms with van der Waals surface area (Å²) in [6.07, 6.45) is 1.06. The minimum absolute atomic E-state index is 0.184. The molecule has 1 atom stereocenters. The van der Waals surface area contributed by atoms with Crippen molar-refractivity contribution in [3.8, 4) is 17.1 Å². The molecule has 1 unspecified atom stereocenters. The van der Waals surface area contributed by atoms with E-state index in [0.717, 1.165) is 11.3 Å². The van der Waals surface area contributed by atoms with Crippen LogP contribution in [0.1, 0.15) is 12.7 Å². The zero-order valence-corrected chi connectivity index (χ0v) is 16.1. The molecule has 1 aliphatic heterocycles. The lowest BCUT2D eigenvalue weighted by Gasteiger charge is -2.23. The maximum Gasteiger partial charge on any atom is 0.265 e. The second-order valence-electron chi connectivity index (χ2n) is 6.63. The van der Waals surface area contributed by atoms with E-state index in [1.54, 1.807) is 31.4 Å². The van der Waals surface area contributed by atoms with E-state index in [4.69, 9.17) is 9.15 Å². The number of furan rings is 1. The third kappa shape index (κ3) is 3.15. The number of hydrogen-bond donors (Lipinski definition) is 3. The third-order valence-corrected chi connectivity index (χ3v) is 5.52. The van der Waals surface area contributed by atoms with E-state index in [0.29, 0.717) is 39.8 Å². The van der Waals surface area contributed by atoms with Crippen LogP contribution in [0.25, 0.3) is 21.5 Å². The number of nitrogens with one attached hydrogen (secondary N) is 3. The van der Waals surface area contributed by atoms with Gasteiger partial charge in [-0.1, -0.05) is 0 Å². The second-order valence-corrected chi connectivity index (χ2v) is 7.49. The lowest BCUT2D eigenvalue weighted by molar-refractivity contribution is -0.122. The molecule has 8 nitrogen and oxygen atoms in total. The molecule has 1 aliphatic rings. The molecular formula is C20H16N4O4S. The number of carbonyl (C=O) groups excluding carboxylic acids is 1. The van der Waals surface area contributed by atoms with Crippen molar-refractivity contribution < 1.29 is 13.9 Å². The molecule has 0 spiro atoms. The molecule has 3 N–H and O–H groups in total. The van der Waals surface area contributed by atoms with Crippen LogP contribution in [-0.2, 0) is 11.3 Å². The lowest BCUT2D eigenvalue weighted by Crippen LogP contribution is -2.34. The van der Waals surface area contributed by atoms with Crippen molar-refractivity contribution >= 4 is 38.8 Å². The summed E-state index contributed by atoms with van der Waals surface area (Å²) in [4.78, 5) is 32.4. The Labute approximate surface area is 168 Å². The van der Waals surface area contributed by atoms with Gasteiger partial charge in [0.25, 0.3) is 11.5 Å². The molecule has 9 heteroatoms. The quantitative estimate of drug-likeness (QED) is 0.476. The molecule has 29 heavy (non-hydrogen) atoms. The largest absolute Gasteiger partial charge is 0.479 e. The molecule has 4 aromatic rings. The number of ether oxygens (including phenoxy) is 1. The molecule has 1 amide bonds. The summed E-state index contributed by atoms with van der Waals surface area (Å²) < 4.78 is 11.0. The highest BCUT2D eigenvalue weighted by molar-refractivity contribution is 7.17. The fourth-order valence-electron chi connectivity index (χ4n) is 3.19. The Hall–Kier alpha value is -3.59. The van der Waals surface area contributed by atoms with E-state index in [1.165, 1.54) is 11.3 Å². The topological polar surface area (TPSA) is 109 Å². The van der Waals surface area contributed by atoms with Gasteiger partial charge in [0.2, 0.25) is 0 Å². The lowest BCUT2D eigenvalue weighted by atomic mass is 10.2. The van der Waals surface area contributed by atoms with Gasteiger partial charge < -0.3 is 24.8 Å². The number of amides is 1. The number of carbonyl (C=O) groups is 1. The van der Waals surface area contributed by atoms with Crippen LogP contribution < -0.4 is 20.9 Å². The Morgan fingerprint density at radius 1 is 1.28 bits per heavy atom. The van der Waals surface area contributed by atoms with Crippen molar-refractivity contribution in [2.45, 2.75) is 19.6 Å². The monoisotopic (exact) mass is 408 g/mol. The smallest absolute Gasteiger partial charge is 0.265 e. The van der Waals surface area contributed by atoms with Crippen LogP contribution in [-0.4, -0.2) is 22.0 Å². The van der Waals surface area contributed by atoms with Crippen molar-refractivity contribution in [2.75, 3.05) is 10.6 Å². The number of nitrogens with zero attached hydrogens (tertiary/aromatic N) is 1. The minimum Gasteiger partial charge on any atom is -0.479 e. The normalized spacial score (nSPS) is 15.6. The third-order valence-electron chi connectivity index (χ3n) is 4.65. The predicted molar refractivity (Wildman–Crippen MR) is 110 cm³/mol. The Morgan fingerprint density at radius 3 is 3.00 bits per heavy atom. The summed E-state index contributed by atoms with van der Waals surface area (Å²) in [6.45, 7) is 2.02. The van der Waals surface area contributed by atoms with Gasteiger partial charge in [-0.2, -0.15) is 0 Å². The van der Waals surface area contributed by atoms with Gasteiger partial charge in [-0.3, -0.25) is 9.59 Å². The first-order valence-corrected chi connectivity index (χ1v) is 9.86. The zero-order valence-electron chi connectivity index (χ0n) is 15.3. The Kier molecular flexibility index (Phi) is 4.09. The number of aromatic amines is 1. The number of thiophene rings is 1. The Balaban J connectivity index is 1.38. The maximum atomic E-state index is 12.6. The first kappa shape index (κ1) is 17.5. The standard InChI is InChI=1S/C20H16N4O4S/c1-10-18(25)22-13-7-11(4-5-15(13)28-10)21-8-16-23-19(26)17-12(9-29-20(17)24-16)14-3-2-6-27-14/h2-7,9-10,21H,8H2,1H3,(H,22,25)(H,23,24,26). The molecule has 0 radical (unpaired) electrons. The predicted octanol–water partition coefficient (Wildman–Crippen LogP) is 3.58. The van der Waals surface area contributed by atoms with Gasteiger partial charge in [0, 0.05) is 16.6 Å². The summed E-state index contributed by atoms with van der Waals surface area (Å²) >= 11 is 1.40. The van der Waals surface area contributed by atoms with Crippen LogP contribution in [0, 0.1) is 0 Å². The summed E-state index contributed by atoms with van der Waals surface area (Å²) in [6, 6.07) is 9.03. The van der Waals surface area contributed by atoms with E-state index < -0.39 is 6.10 Å². The minimum atomic E-state index is -0.515. The zero-order chi connectivity index (χ0) is 20.0. The first-order chi connectivity index (χ1) is 14.1. The van der Waals surface area contributed by atoms with Gasteiger partial charge in [-0.25, -0.2) is 4.98 Å². The van der Waals surface area contributed by atoms with Gasteiger partial charge in [0.15, 0.2) is 6.10 Å². The highest BCUT2D eigenvalue weighted by atomic mass is 32.1. The molecule has 0 saturated carbocycles. The summed E-state index contributed by atoms with van der Waals surface area (Å²) in [7, 11) is 0. The van der Waals surface area contributed by atoms with E-state index in [2.05, 4.69) is 20.6 Å². The van der Waals surface area contributed by atoms with Gasteiger partial charge >= 0.3 is 0 Å². The number of aromatic nitrogens is 2. The average molecular weight is 408 g/mol. The molecule has 1 aromatic carbocycles. The van der Waals surface area contributed by atoms with Gasteiger partial charge in [-0.15, -0.1) is 11.3 Å². The van der Waals surface area contributed by atoms with Gasteiger partial charge in [0.05, 0.1) is 23.9 Å². The van der Waals surface area contributed by atoms with Crippen LogP contribution in [0.3, 0.4) is 0 Å². The van der Waals surface area contributed by atoms with Crippen molar-refractivity contribution in [1.82, 2.24) is 9.97 Å². The fraction of sp³-hybridized carbons (Fsp3) is 0.150. The molecule has 5 rings (SSSR count). The van der Waals surface area contributed by atoms with E-state index >= 15 is 0 Å². The van der Waals surface area contributed by atoms with Crippen LogP contribution in [0.4, 0.5) is 11.4 Å². The number of fused-ring (bicyclic) bond motifs is 2. The Morgan fingerprint density at radius 2 is 2.17 bits per heavy atom. The van der Waals surface area contributed by atoms with Crippen molar-refractivity contribution in [2.24, 2.45) is 0 Å². The highest BCUT2D eigenvalue weighted by Crippen LogP contribution is 2.33. The number of anilines is 2. The van der Waals surface area contributed by atoms with Crippen LogP contribution in [0.15, 0.2) is 51.2 Å². The number of hydrogen-bond acceptors (Lipinski definition) is 7. The molecule has 3 aromatic heterocycles. The number of rotatable bonds is 4. The van der Waals surface area contributed by atoms with E-state index in [-0.39, 0.29) is 11.5 Å². The SMILES string of the molecule is CC1Oc2ccc(NCc3nc4scc(-c5ccco5)c4c(=O)[nH]3)cc2NC1=O. The summed E-state index contributed by atoms with van der Waals surface area (Å²) in [5, 5.41) is 8.42. The molecule has 4 heterocycles. The van der Waals surface area contributed by atoms with E-state index in [9.17, 15) is 9.59 Å². The van der Waals surface area contributed by atoms with Gasteiger partial charge in [0.1, 0.15) is 22.2 Å². The first-order valence-electron chi connectivity index (χ1n) is 8.98. The van der Waals surface area contributed by atoms with Crippen molar-refractivity contribution in [1.29, 1.82) is 0 Å². The van der Waals surface area contributed by atoms with Crippen molar-refractivity contribution in [3.05, 3.63) is 58.2 Å². The molecule has 0 aliphatic carbocycles. The van der Waals surface area contributed by atoms with Crippen LogP contribution >= 0.6 is 11.3 Å². The second kappa shape index (κ2) is 6.78. The summed E-state index contributed by atoms with van der Waals surface area (Å²) in [5.74, 6) is 1.60. The fourth-order valence-corrected chi connectivity index (χ4v) is 4.14. The number of benzene rings is 1. The maximum absolute atomic E-state index is 12.6. The van der Waals surface area contributed by atoms with Crippen LogP contribution in [0.5, 0.6) is 5.75 Å². The molecule has 0 fully saturated rings. The number of H-pyrrole nitrogens is 1.